The fraction of sp³-hybridized carbons (Fsp3) is 0.200. The number of hydrogen-bond acceptors (Lipinski definition) is 3. The van der Waals surface area contributed by atoms with Gasteiger partial charge in [0.25, 0.3) is 0 Å². The minimum absolute atomic E-state index is 0.137. The van der Waals surface area contributed by atoms with E-state index >= 15 is 0 Å². The maximum absolute atomic E-state index is 13.7. The number of benzene rings is 1. The summed E-state index contributed by atoms with van der Waals surface area (Å²) >= 11 is 0. The molecule has 0 saturated carbocycles. The zero-order valence-corrected chi connectivity index (χ0v) is 10.8. The van der Waals surface area contributed by atoms with Crippen molar-refractivity contribution in [2.45, 2.75) is 13.0 Å². The van der Waals surface area contributed by atoms with Gasteiger partial charge in [0.2, 0.25) is 0 Å². The van der Waals surface area contributed by atoms with E-state index in [-0.39, 0.29) is 11.9 Å². The third-order valence-electron chi connectivity index (χ3n) is 3.17. The van der Waals surface area contributed by atoms with E-state index < -0.39 is 0 Å². The molecule has 1 atom stereocenters. The van der Waals surface area contributed by atoms with Gasteiger partial charge in [0.15, 0.2) is 0 Å². The molecule has 0 radical (unpaired) electrons. The molecule has 1 aromatic carbocycles. The number of hydrogen-bond donors (Lipinski definition) is 0. The molecule has 2 rings (SSSR count). The Morgan fingerprint density at radius 2 is 2.00 bits per heavy atom. The van der Waals surface area contributed by atoms with Crippen LogP contribution in [0.4, 0.5) is 10.2 Å². The van der Waals surface area contributed by atoms with E-state index in [1.165, 1.54) is 12.3 Å². The molecule has 0 fully saturated rings. The van der Waals surface area contributed by atoms with Crippen LogP contribution in [0.25, 0.3) is 0 Å². The van der Waals surface area contributed by atoms with Crippen molar-refractivity contribution < 1.29 is 4.39 Å². The zero-order valence-electron chi connectivity index (χ0n) is 10.8. The first kappa shape index (κ1) is 13.0. The van der Waals surface area contributed by atoms with Gasteiger partial charge in [0.05, 0.1) is 11.6 Å². The SMILES string of the molecule is CC(c1ccccc1F)N(C)c1ccc(C#N)cn1. The first-order chi connectivity index (χ1) is 9.13. The van der Waals surface area contributed by atoms with Gasteiger partial charge in [-0.2, -0.15) is 5.26 Å². The summed E-state index contributed by atoms with van der Waals surface area (Å²) in [4.78, 5) is 6.08. The number of nitrogens with zero attached hydrogens (tertiary/aromatic N) is 3. The summed E-state index contributed by atoms with van der Waals surface area (Å²) in [7, 11) is 1.85. The summed E-state index contributed by atoms with van der Waals surface area (Å²) in [6, 6.07) is 12.0. The number of rotatable bonds is 3. The van der Waals surface area contributed by atoms with Crippen molar-refractivity contribution in [3.63, 3.8) is 0 Å². The molecule has 0 N–H and O–H groups in total. The Kier molecular flexibility index (Phi) is 3.76. The van der Waals surface area contributed by atoms with Crippen molar-refractivity contribution in [2.75, 3.05) is 11.9 Å². The lowest BCUT2D eigenvalue weighted by atomic mass is 10.1. The maximum atomic E-state index is 13.7. The number of nitriles is 1. The minimum Gasteiger partial charge on any atom is -0.353 e. The molecule has 4 heteroatoms. The molecule has 0 aliphatic carbocycles. The lowest BCUT2D eigenvalue weighted by molar-refractivity contribution is 0.584. The first-order valence-electron chi connectivity index (χ1n) is 5.97. The second-order valence-electron chi connectivity index (χ2n) is 4.33. The Bertz CT molecular complexity index is 602. The predicted octanol–water partition coefficient (Wildman–Crippen LogP) is 3.29. The minimum atomic E-state index is -0.226. The highest BCUT2D eigenvalue weighted by molar-refractivity contribution is 5.43. The van der Waals surface area contributed by atoms with Crippen LogP contribution < -0.4 is 4.90 Å². The average molecular weight is 255 g/mol. The molecule has 1 aromatic heterocycles. The van der Waals surface area contributed by atoms with E-state index in [1.54, 1.807) is 24.3 Å². The number of pyridine rings is 1. The van der Waals surface area contributed by atoms with Crippen LogP contribution in [0, 0.1) is 17.1 Å². The first-order valence-corrected chi connectivity index (χ1v) is 5.97. The third-order valence-corrected chi connectivity index (χ3v) is 3.17. The van der Waals surface area contributed by atoms with Gasteiger partial charge in [-0.05, 0) is 25.1 Å². The summed E-state index contributed by atoms with van der Waals surface area (Å²) in [5.74, 6) is 0.477. The van der Waals surface area contributed by atoms with E-state index in [0.29, 0.717) is 16.9 Å². The predicted molar refractivity (Wildman–Crippen MR) is 72.2 cm³/mol. The Morgan fingerprint density at radius 3 is 2.58 bits per heavy atom. The van der Waals surface area contributed by atoms with Crippen molar-refractivity contribution in [2.24, 2.45) is 0 Å². The van der Waals surface area contributed by atoms with Crippen LogP contribution in [0.1, 0.15) is 24.1 Å². The molecule has 0 aliphatic rings. The second-order valence-corrected chi connectivity index (χ2v) is 4.33. The highest BCUT2D eigenvalue weighted by Crippen LogP contribution is 2.25. The van der Waals surface area contributed by atoms with Crippen molar-refractivity contribution in [1.29, 1.82) is 5.26 Å². The molecule has 2 aromatic rings. The van der Waals surface area contributed by atoms with E-state index in [4.69, 9.17) is 5.26 Å². The van der Waals surface area contributed by atoms with Crippen LogP contribution in [0.15, 0.2) is 42.6 Å². The summed E-state index contributed by atoms with van der Waals surface area (Å²) in [6.45, 7) is 1.91. The van der Waals surface area contributed by atoms with Gasteiger partial charge in [0.1, 0.15) is 17.7 Å². The van der Waals surface area contributed by atoms with Crippen LogP contribution in [0.5, 0.6) is 0 Å². The quantitative estimate of drug-likeness (QED) is 0.845. The molecule has 1 unspecified atom stereocenters. The van der Waals surface area contributed by atoms with Crippen molar-refractivity contribution in [3.05, 3.63) is 59.5 Å². The summed E-state index contributed by atoms with van der Waals surface area (Å²) in [5, 5.41) is 8.74. The molecular weight excluding hydrogens is 241 g/mol. The molecular formula is C15H14FN3. The molecule has 0 saturated heterocycles. The van der Waals surface area contributed by atoms with Crippen molar-refractivity contribution in [1.82, 2.24) is 4.98 Å². The molecule has 96 valence electrons. The molecule has 3 nitrogen and oxygen atoms in total. The van der Waals surface area contributed by atoms with Gasteiger partial charge < -0.3 is 4.90 Å². The largest absolute Gasteiger partial charge is 0.353 e. The van der Waals surface area contributed by atoms with Crippen molar-refractivity contribution >= 4 is 5.82 Å². The Morgan fingerprint density at radius 1 is 1.26 bits per heavy atom. The van der Waals surface area contributed by atoms with Crippen LogP contribution in [0.3, 0.4) is 0 Å². The van der Waals surface area contributed by atoms with Gasteiger partial charge >= 0.3 is 0 Å². The van der Waals surface area contributed by atoms with E-state index in [0.717, 1.165) is 0 Å². The molecule has 0 amide bonds. The molecule has 0 spiro atoms. The summed E-state index contributed by atoms with van der Waals surface area (Å²) < 4.78 is 13.7. The maximum Gasteiger partial charge on any atom is 0.128 e. The van der Waals surface area contributed by atoms with Crippen LogP contribution in [-0.4, -0.2) is 12.0 Å². The topological polar surface area (TPSA) is 39.9 Å². The van der Waals surface area contributed by atoms with Crippen molar-refractivity contribution in [3.8, 4) is 6.07 Å². The molecule has 0 bridgehead atoms. The van der Waals surface area contributed by atoms with Gasteiger partial charge in [-0.3, -0.25) is 0 Å². The lowest BCUT2D eigenvalue weighted by Crippen LogP contribution is -2.23. The van der Waals surface area contributed by atoms with E-state index in [9.17, 15) is 4.39 Å². The smallest absolute Gasteiger partial charge is 0.128 e. The highest BCUT2D eigenvalue weighted by atomic mass is 19.1. The standard InChI is InChI=1S/C15H14FN3/c1-11(13-5-3-4-6-14(13)16)19(2)15-8-7-12(9-17)10-18-15/h3-8,10-11H,1-2H3. The van der Waals surface area contributed by atoms with Gasteiger partial charge in [-0.25, -0.2) is 9.37 Å². The molecule has 19 heavy (non-hydrogen) atoms. The Hall–Kier alpha value is -2.41. The number of halogens is 1. The van der Waals surface area contributed by atoms with Gasteiger partial charge in [-0.15, -0.1) is 0 Å². The summed E-state index contributed by atoms with van der Waals surface area (Å²) in [6.07, 6.45) is 1.51. The second kappa shape index (κ2) is 5.49. The lowest BCUT2D eigenvalue weighted by Gasteiger charge is -2.26. The van der Waals surface area contributed by atoms with Crippen LogP contribution in [-0.2, 0) is 0 Å². The molecule has 0 aliphatic heterocycles. The fourth-order valence-electron chi connectivity index (χ4n) is 1.88. The van der Waals surface area contributed by atoms with E-state index in [1.807, 2.05) is 31.0 Å². The van der Waals surface area contributed by atoms with E-state index in [2.05, 4.69) is 4.98 Å². The zero-order chi connectivity index (χ0) is 13.8. The third kappa shape index (κ3) is 2.71. The fourth-order valence-corrected chi connectivity index (χ4v) is 1.88. The average Bonchev–Trinajstić information content (AvgIpc) is 2.46. The molecule has 1 heterocycles. The number of anilines is 1. The van der Waals surface area contributed by atoms with Crippen LogP contribution >= 0.6 is 0 Å². The van der Waals surface area contributed by atoms with Gasteiger partial charge in [-0.1, -0.05) is 18.2 Å². The monoisotopic (exact) mass is 255 g/mol. The van der Waals surface area contributed by atoms with Crippen LogP contribution in [0.2, 0.25) is 0 Å². The highest BCUT2D eigenvalue weighted by Gasteiger charge is 2.16. The Balaban J connectivity index is 2.26. The normalized spacial score (nSPS) is 11.7. The number of aromatic nitrogens is 1. The summed E-state index contributed by atoms with van der Waals surface area (Å²) in [5.41, 5.74) is 1.13. The van der Waals surface area contributed by atoms with Gasteiger partial charge in [0, 0.05) is 18.8 Å². The Labute approximate surface area is 111 Å².